The summed E-state index contributed by atoms with van der Waals surface area (Å²) in [5, 5.41) is 22.9. The predicted molar refractivity (Wildman–Crippen MR) is 98.8 cm³/mol. The van der Waals surface area contributed by atoms with E-state index in [1.807, 2.05) is 0 Å². The third kappa shape index (κ3) is 4.50. The molecule has 1 aliphatic rings. The topological polar surface area (TPSA) is 134 Å². The Kier molecular flexibility index (Phi) is 5.92. The molecule has 0 aromatic carbocycles. The summed E-state index contributed by atoms with van der Waals surface area (Å²) in [7, 11) is 0. The monoisotopic (exact) mass is 446 g/mol. The molecule has 0 atom stereocenters. The minimum atomic E-state index is -4.65. The molecule has 0 unspecified atom stereocenters. The number of nitrogens with zero attached hydrogens (tertiary/aromatic N) is 5. The maximum absolute atomic E-state index is 12.8. The number of piperidine rings is 1. The van der Waals surface area contributed by atoms with Gasteiger partial charge in [0.2, 0.25) is 11.6 Å². The summed E-state index contributed by atoms with van der Waals surface area (Å²) < 4.78 is 38.3. The second-order valence-electron chi connectivity index (χ2n) is 6.43. The van der Waals surface area contributed by atoms with Crippen molar-refractivity contribution in [3.05, 3.63) is 39.3 Å². The smallest absolute Gasteiger partial charge is 0.417 e. The Labute approximate surface area is 171 Å². The Bertz CT molecular complexity index is 982. The zero-order valence-corrected chi connectivity index (χ0v) is 15.8. The lowest BCUT2D eigenvalue weighted by Crippen LogP contribution is -2.37. The first-order valence-electron chi connectivity index (χ1n) is 8.55. The van der Waals surface area contributed by atoms with Gasteiger partial charge >= 0.3 is 17.8 Å². The zero-order chi connectivity index (χ0) is 22.1. The van der Waals surface area contributed by atoms with Crippen LogP contribution in [0.2, 0.25) is 5.02 Å². The largest absolute Gasteiger partial charge is 0.481 e. The van der Waals surface area contributed by atoms with Gasteiger partial charge in [-0.2, -0.15) is 13.2 Å². The Hall–Kier alpha value is -3.22. The zero-order valence-electron chi connectivity index (χ0n) is 15.1. The molecule has 10 nitrogen and oxygen atoms in total. The minimum Gasteiger partial charge on any atom is -0.481 e. The lowest BCUT2D eigenvalue weighted by molar-refractivity contribution is -0.383. The van der Waals surface area contributed by atoms with Crippen LogP contribution in [-0.2, 0) is 11.0 Å². The van der Waals surface area contributed by atoms with Gasteiger partial charge < -0.3 is 15.3 Å². The quantitative estimate of drug-likeness (QED) is 0.522. The fourth-order valence-corrected chi connectivity index (χ4v) is 3.21. The number of nitro groups is 1. The second-order valence-corrected chi connectivity index (χ2v) is 6.84. The van der Waals surface area contributed by atoms with E-state index in [1.165, 1.54) is 0 Å². The van der Waals surface area contributed by atoms with Gasteiger partial charge in [0, 0.05) is 19.3 Å². The van der Waals surface area contributed by atoms with Crippen LogP contribution in [0.4, 0.5) is 36.3 Å². The number of carbonyl (C=O) groups is 1. The van der Waals surface area contributed by atoms with Crippen molar-refractivity contribution in [2.75, 3.05) is 23.3 Å². The fourth-order valence-electron chi connectivity index (χ4n) is 3.00. The number of hydrogen-bond donors (Lipinski definition) is 2. The molecule has 0 radical (unpaired) electrons. The van der Waals surface area contributed by atoms with E-state index in [-0.39, 0.29) is 43.4 Å². The normalized spacial score (nSPS) is 15.1. The van der Waals surface area contributed by atoms with Crippen LogP contribution in [0.15, 0.2) is 18.6 Å². The van der Waals surface area contributed by atoms with Crippen LogP contribution in [0, 0.1) is 16.0 Å². The summed E-state index contributed by atoms with van der Waals surface area (Å²) >= 11 is 5.85. The van der Waals surface area contributed by atoms with Crippen LogP contribution >= 0.6 is 11.6 Å². The Morgan fingerprint density at radius 3 is 2.47 bits per heavy atom. The number of aliphatic carboxylic acids is 1. The number of aromatic nitrogens is 3. The van der Waals surface area contributed by atoms with E-state index in [4.69, 9.17) is 16.7 Å². The van der Waals surface area contributed by atoms with Crippen LogP contribution in [0.3, 0.4) is 0 Å². The Balaban J connectivity index is 1.91. The summed E-state index contributed by atoms with van der Waals surface area (Å²) in [6.45, 7) is 0.459. The Morgan fingerprint density at radius 1 is 1.27 bits per heavy atom. The summed E-state index contributed by atoms with van der Waals surface area (Å²) in [5.41, 5.74) is -1.60. The highest BCUT2D eigenvalue weighted by Crippen LogP contribution is 2.37. The van der Waals surface area contributed by atoms with Crippen LogP contribution in [0.25, 0.3) is 0 Å². The molecule has 3 heterocycles. The number of carboxylic acid groups (broad SMARTS) is 1. The third-order valence-electron chi connectivity index (χ3n) is 4.53. The first-order chi connectivity index (χ1) is 14.1. The van der Waals surface area contributed by atoms with Gasteiger partial charge in [-0.3, -0.25) is 14.9 Å². The maximum atomic E-state index is 12.8. The van der Waals surface area contributed by atoms with Crippen molar-refractivity contribution in [2.45, 2.75) is 19.0 Å². The highest BCUT2D eigenvalue weighted by Gasteiger charge is 2.33. The first-order valence-corrected chi connectivity index (χ1v) is 8.92. The number of anilines is 3. The standard InChI is InChI=1S/C16H14ClF3N6O4/c17-10-5-9(16(18,19)20)6-21-12(10)24-13-11(26(29)30)14(23-7-22-13)25-3-1-8(2-4-25)15(27)28/h5-8H,1-4H2,(H,27,28)(H,21,22,23,24). The van der Waals surface area contributed by atoms with Gasteiger partial charge in [-0.05, 0) is 18.9 Å². The van der Waals surface area contributed by atoms with Crippen molar-refractivity contribution < 1.29 is 28.0 Å². The van der Waals surface area contributed by atoms with E-state index in [1.54, 1.807) is 4.90 Å². The van der Waals surface area contributed by atoms with Crippen LogP contribution in [0.1, 0.15) is 18.4 Å². The molecule has 1 saturated heterocycles. The van der Waals surface area contributed by atoms with Gasteiger partial charge in [0.05, 0.1) is 21.4 Å². The number of rotatable bonds is 5. The number of halogens is 4. The number of hydrogen-bond acceptors (Lipinski definition) is 8. The summed E-state index contributed by atoms with van der Waals surface area (Å²) in [6, 6.07) is 0.640. The summed E-state index contributed by atoms with van der Waals surface area (Å²) in [4.78, 5) is 34.9. The molecule has 0 bridgehead atoms. The number of carboxylic acids is 1. The average molecular weight is 447 g/mol. The summed E-state index contributed by atoms with van der Waals surface area (Å²) in [6.07, 6.45) is -2.49. The molecule has 0 saturated carbocycles. The highest BCUT2D eigenvalue weighted by atomic mass is 35.5. The average Bonchev–Trinajstić information content (AvgIpc) is 2.68. The van der Waals surface area contributed by atoms with E-state index >= 15 is 0 Å². The molecule has 30 heavy (non-hydrogen) atoms. The molecule has 0 aliphatic carbocycles. The van der Waals surface area contributed by atoms with Gasteiger partial charge in [-0.15, -0.1) is 0 Å². The molecular weight excluding hydrogens is 433 g/mol. The molecule has 1 fully saturated rings. The van der Waals surface area contributed by atoms with Crippen molar-refractivity contribution in [1.29, 1.82) is 0 Å². The van der Waals surface area contributed by atoms with Gasteiger partial charge in [0.15, 0.2) is 5.82 Å². The molecule has 0 amide bonds. The molecule has 2 aromatic rings. The minimum absolute atomic E-state index is 0.0376. The molecule has 2 aromatic heterocycles. The van der Waals surface area contributed by atoms with Crippen LogP contribution < -0.4 is 10.2 Å². The van der Waals surface area contributed by atoms with Crippen molar-refractivity contribution in [3.63, 3.8) is 0 Å². The molecule has 160 valence electrons. The molecule has 14 heteroatoms. The van der Waals surface area contributed by atoms with Gasteiger partial charge in [0.25, 0.3) is 0 Å². The van der Waals surface area contributed by atoms with Gasteiger partial charge in [0.1, 0.15) is 6.33 Å². The molecule has 3 rings (SSSR count). The van der Waals surface area contributed by atoms with Crippen LogP contribution in [0.5, 0.6) is 0 Å². The number of alkyl halides is 3. The van der Waals surface area contributed by atoms with Crippen molar-refractivity contribution >= 4 is 40.7 Å². The van der Waals surface area contributed by atoms with Crippen molar-refractivity contribution in [1.82, 2.24) is 15.0 Å². The number of pyridine rings is 1. The Morgan fingerprint density at radius 2 is 1.93 bits per heavy atom. The lowest BCUT2D eigenvalue weighted by atomic mass is 9.97. The molecule has 2 N–H and O–H groups in total. The van der Waals surface area contributed by atoms with E-state index in [2.05, 4.69) is 20.3 Å². The van der Waals surface area contributed by atoms with Gasteiger partial charge in [-0.25, -0.2) is 15.0 Å². The maximum Gasteiger partial charge on any atom is 0.417 e. The first kappa shape index (κ1) is 21.5. The summed E-state index contributed by atoms with van der Waals surface area (Å²) in [5.74, 6) is -2.07. The van der Waals surface area contributed by atoms with Gasteiger partial charge in [-0.1, -0.05) is 11.6 Å². The molecule has 1 aliphatic heterocycles. The number of nitrogens with one attached hydrogen (secondary N) is 1. The van der Waals surface area contributed by atoms with Crippen molar-refractivity contribution in [2.24, 2.45) is 5.92 Å². The second kappa shape index (κ2) is 8.26. The molecular formula is C16H14ClF3N6O4. The SMILES string of the molecule is O=C(O)C1CCN(c2ncnc(Nc3ncc(C(F)(F)F)cc3Cl)c2[N+](=O)[O-])CC1. The fraction of sp³-hybridized carbons (Fsp3) is 0.375. The van der Waals surface area contributed by atoms with Crippen LogP contribution in [-0.4, -0.2) is 44.0 Å². The molecule has 0 spiro atoms. The third-order valence-corrected chi connectivity index (χ3v) is 4.82. The van der Waals surface area contributed by atoms with E-state index in [0.29, 0.717) is 12.3 Å². The highest BCUT2D eigenvalue weighted by molar-refractivity contribution is 6.33. The van der Waals surface area contributed by atoms with E-state index in [9.17, 15) is 28.1 Å². The van der Waals surface area contributed by atoms with E-state index < -0.39 is 39.3 Å². The lowest BCUT2D eigenvalue weighted by Gasteiger charge is -2.30. The van der Waals surface area contributed by atoms with Crippen molar-refractivity contribution in [3.8, 4) is 0 Å². The predicted octanol–water partition coefficient (Wildman–Crippen LogP) is 3.50. The van der Waals surface area contributed by atoms with E-state index in [0.717, 1.165) is 6.33 Å².